The van der Waals surface area contributed by atoms with Crippen LogP contribution < -0.4 is 4.90 Å². The summed E-state index contributed by atoms with van der Waals surface area (Å²) in [5.74, 6) is -0.352. The number of rotatable bonds is 6. The summed E-state index contributed by atoms with van der Waals surface area (Å²) in [5.41, 5.74) is 2.06. The molecule has 5 rings (SSSR count). The number of halogens is 1. The lowest BCUT2D eigenvalue weighted by Gasteiger charge is -2.39. The van der Waals surface area contributed by atoms with Crippen LogP contribution in [0.2, 0.25) is 0 Å². The zero-order valence-electron chi connectivity index (χ0n) is 20.0. The Bertz CT molecular complexity index is 1230. The molecule has 2 aliphatic rings. The second-order valence-electron chi connectivity index (χ2n) is 9.53. The molecule has 9 heteroatoms. The van der Waals surface area contributed by atoms with Gasteiger partial charge in [-0.25, -0.2) is 12.8 Å². The number of sulfonamides is 1. The number of piperidine rings is 1. The van der Waals surface area contributed by atoms with Crippen molar-refractivity contribution in [3.8, 4) is 0 Å². The van der Waals surface area contributed by atoms with Crippen molar-refractivity contribution in [2.24, 2.45) is 0 Å². The summed E-state index contributed by atoms with van der Waals surface area (Å²) in [5, 5.41) is 7.20. The molecule has 7 nitrogen and oxygen atoms in total. The first-order valence-electron chi connectivity index (χ1n) is 12.4. The van der Waals surface area contributed by atoms with Crippen LogP contribution >= 0.6 is 0 Å². The lowest BCUT2D eigenvalue weighted by molar-refractivity contribution is 0.257. The number of benzene rings is 2. The quantitative estimate of drug-likeness (QED) is 0.494. The number of aromatic nitrogens is 3. The third kappa shape index (κ3) is 4.84. The summed E-state index contributed by atoms with van der Waals surface area (Å²) in [6.07, 6.45) is 7.44. The maximum absolute atomic E-state index is 15.3. The Morgan fingerprint density at radius 2 is 1.69 bits per heavy atom. The van der Waals surface area contributed by atoms with Crippen molar-refractivity contribution >= 4 is 15.7 Å². The normalized spacial score (nSPS) is 23.4. The van der Waals surface area contributed by atoms with Gasteiger partial charge in [0.15, 0.2) is 0 Å². The van der Waals surface area contributed by atoms with E-state index in [9.17, 15) is 8.42 Å². The molecule has 0 amide bonds. The van der Waals surface area contributed by atoms with Gasteiger partial charge >= 0.3 is 0 Å². The summed E-state index contributed by atoms with van der Waals surface area (Å²) in [6.45, 7) is 3.70. The maximum atomic E-state index is 15.3. The van der Waals surface area contributed by atoms with Gasteiger partial charge < -0.3 is 9.47 Å². The van der Waals surface area contributed by atoms with Gasteiger partial charge in [-0.3, -0.25) is 0 Å². The van der Waals surface area contributed by atoms with Crippen molar-refractivity contribution in [3.63, 3.8) is 0 Å². The molecule has 0 N–H and O–H groups in total. The van der Waals surface area contributed by atoms with E-state index < -0.39 is 15.3 Å². The molecular weight excluding hydrogens is 465 g/mol. The fraction of sp³-hybridized carbons (Fsp3) is 0.462. The summed E-state index contributed by atoms with van der Waals surface area (Å²) in [7, 11) is -3.61. The van der Waals surface area contributed by atoms with Crippen molar-refractivity contribution in [3.05, 3.63) is 78.1 Å². The van der Waals surface area contributed by atoms with Gasteiger partial charge in [-0.2, -0.15) is 4.31 Å². The zero-order chi connectivity index (χ0) is 24.4. The Kier molecular flexibility index (Phi) is 6.88. The third-order valence-electron chi connectivity index (χ3n) is 7.55. The molecule has 0 spiro atoms. The molecule has 0 radical (unpaired) electrons. The number of hydrogen-bond acceptors (Lipinski definition) is 5. The molecule has 0 saturated carbocycles. The van der Waals surface area contributed by atoms with Crippen LogP contribution in [0.1, 0.15) is 61.4 Å². The molecule has 186 valence electrons. The van der Waals surface area contributed by atoms with E-state index in [4.69, 9.17) is 0 Å². The molecule has 2 aromatic carbocycles. The van der Waals surface area contributed by atoms with Gasteiger partial charge in [0, 0.05) is 43.0 Å². The van der Waals surface area contributed by atoms with E-state index in [2.05, 4.69) is 15.1 Å². The minimum Gasteiger partial charge on any atom is -0.371 e. The highest BCUT2D eigenvalue weighted by molar-refractivity contribution is 7.89. The molecule has 3 aromatic rings. The van der Waals surface area contributed by atoms with Gasteiger partial charge in [0.05, 0.1) is 0 Å². The van der Waals surface area contributed by atoms with Crippen LogP contribution in [-0.4, -0.2) is 46.6 Å². The predicted octanol–water partition coefficient (Wildman–Crippen LogP) is 4.70. The smallest absolute Gasteiger partial charge is 0.221 e. The van der Waals surface area contributed by atoms with Crippen molar-refractivity contribution in [1.82, 2.24) is 19.1 Å². The van der Waals surface area contributed by atoms with Crippen LogP contribution in [0, 0.1) is 5.82 Å². The van der Waals surface area contributed by atoms with Crippen LogP contribution in [0.25, 0.3) is 0 Å². The monoisotopic (exact) mass is 497 g/mol. The number of nitrogens with zero attached hydrogens (tertiary/aromatic N) is 5. The molecule has 0 bridgehead atoms. The molecule has 2 aliphatic heterocycles. The zero-order valence-corrected chi connectivity index (χ0v) is 20.8. The molecule has 35 heavy (non-hydrogen) atoms. The van der Waals surface area contributed by atoms with E-state index in [-0.39, 0.29) is 18.4 Å². The standard InChI is InChI=1S/C26H32FN5O2S/c1-2-22-10-11-26(20-6-4-3-5-7-20)35(33,34)32(22)17-21-8-9-24(16-25(21)27)30-14-12-23(13-15-30)31-18-28-29-19-31/h3-9,16,18-19,22-23,26H,2,10-15,17H2,1H3. The topological polar surface area (TPSA) is 71.3 Å². The van der Waals surface area contributed by atoms with Crippen molar-refractivity contribution < 1.29 is 12.8 Å². The lowest BCUT2D eigenvalue weighted by Crippen LogP contribution is -2.46. The van der Waals surface area contributed by atoms with E-state index in [1.165, 1.54) is 4.31 Å². The van der Waals surface area contributed by atoms with E-state index >= 15 is 4.39 Å². The average Bonchev–Trinajstić information content (AvgIpc) is 3.42. The summed E-state index contributed by atoms with van der Waals surface area (Å²) < 4.78 is 46.1. The Hall–Kier alpha value is -2.78. The fourth-order valence-corrected chi connectivity index (χ4v) is 7.74. The highest BCUT2D eigenvalue weighted by Crippen LogP contribution is 2.39. The third-order valence-corrected chi connectivity index (χ3v) is 9.86. The van der Waals surface area contributed by atoms with Crippen LogP contribution in [0.15, 0.2) is 61.2 Å². The maximum Gasteiger partial charge on any atom is 0.221 e. The minimum atomic E-state index is -3.61. The molecule has 2 saturated heterocycles. The molecule has 1 aromatic heterocycles. The van der Waals surface area contributed by atoms with Crippen LogP contribution in [-0.2, 0) is 16.6 Å². The summed E-state index contributed by atoms with van der Waals surface area (Å²) in [4.78, 5) is 2.19. The highest BCUT2D eigenvalue weighted by Gasteiger charge is 2.41. The van der Waals surface area contributed by atoms with Gasteiger partial charge in [-0.05, 0) is 49.8 Å². The number of hydrogen-bond donors (Lipinski definition) is 0. The SMILES string of the molecule is CCC1CCC(c2ccccc2)S(=O)(=O)N1Cc1ccc(N2CCC(n3cnnc3)CC2)cc1F. The summed E-state index contributed by atoms with van der Waals surface area (Å²) in [6, 6.07) is 14.8. The van der Waals surface area contributed by atoms with Gasteiger partial charge in [-0.15, -0.1) is 10.2 Å². The lowest BCUT2D eigenvalue weighted by atomic mass is 10.0. The second-order valence-corrected chi connectivity index (χ2v) is 11.6. The Labute approximate surface area is 206 Å². The van der Waals surface area contributed by atoms with E-state index in [1.807, 2.05) is 47.9 Å². The minimum absolute atomic E-state index is 0.0615. The Morgan fingerprint density at radius 1 is 0.971 bits per heavy atom. The van der Waals surface area contributed by atoms with E-state index in [0.717, 1.165) is 43.6 Å². The predicted molar refractivity (Wildman–Crippen MR) is 134 cm³/mol. The molecule has 2 atom stereocenters. The second kappa shape index (κ2) is 10.1. The Morgan fingerprint density at radius 3 is 2.34 bits per heavy atom. The van der Waals surface area contributed by atoms with Gasteiger partial charge in [0.1, 0.15) is 23.7 Å². The molecule has 2 unspecified atom stereocenters. The van der Waals surface area contributed by atoms with Crippen molar-refractivity contribution in [1.29, 1.82) is 0 Å². The van der Waals surface area contributed by atoms with Gasteiger partial charge in [-0.1, -0.05) is 43.3 Å². The average molecular weight is 498 g/mol. The summed E-state index contributed by atoms with van der Waals surface area (Å²) >= 11 is 0. The first-order valence-corrected chi connectivity index (χ1v) is 13.9. The highest BCUT2D eigenvalue weighted by atomic mass is 32.2. The first kappa shape index (κ1) is 23.9. The van der Waals surface area contributed by atoms with E-state index in [0.29, 0.717) is 24.4 Å². The number of anilines is 1. The largest absolute Gasteiger partial charge is 0.371 e. The van der Waals surface area contributed by atoms with Gasteiger partial charge in [0.2, 0.25) is 10.0 Å². The molecule has 0 aliphatic carbocycles. The van der Waals surface area contributed by atoms with Crippen LogP contribution in [0.3, 0.4) is 0 Å². The first-order chi connectivity index (χ1) is 17.0. The van der Waals surface area contributed by atoms with Crippen LogP contribution in [0.5, 0.6) is 0 Å². The van der Waals surface area contributed by atoms with E-state index in [1.54, 1.807) is 24.8 Å². The van der Waals surface area contributed by atoms with Crippen molar-refractivity contribution in [2.75, 3.05) is 18.0 Å². The fourth-order valence-electron chi connectivity index (χ4n) is 5.49. The Balaban J connectivity index is 1.32. The molecule has 2 fully saturated rings. The van der Waals surface area contributed by atoms with Crippen LogP contribution in [0.4, 0.5) is 10.1 Å². The molecular formula is C26H32FN5O2S. The van der Waals surface area contributed by atoms with Crippen molar-refractivity contribution in [2.45, 2.75) is 62.9 Å². The van der Waals surface area contributed by atoms with Gasteiger partial charge in [0.25, 0.3) is 0 Å². The molecule has 3 heterocycles.